The molecule has 0 spiro atoms. The third-order valence-electron chi connectivity index (χ3n) is 5.33. The van der Waals surface area contributed by atoms with Crippen LogP contribution < -0.4 is 4.74 Å². The van der Waals surface area contributed by atoms with Gasteiger partial charge in [-0.1, -0.05) is 26.0 Å². The van der Waals surface area contributed by atoms with Crippen molar-refractivity contribution in [2.45, 2.75) is 71.9 Å². The van der Waals surface area contributed by atoms with Crippen LogP contribution in [-0.4, -0.2) is 20.9 Å². The van der Waals surface area contributed by atoms with E-state index >= 15 is 0 Å². The van der Waals surface area contributed by atoms with Gasteiger partial charge in [0.25, 0.3) is 0 Å². The second-order valence-corrected chi connectivity index (χ2v) is 8.33. The van der Waals surface area contributed by atoms with Crippen molar-refractivity contribution < 1.29 is 20.1 Å². The molecule has 4 nitrogen and oxygen atoms in total. The van der Waals surface area contributed by atoms with E-state index in [0.29, 0.717) is 23.5 Å². The third kappa shape index (κ3) is 6.17. The number of thiophene rings is 1. The van der Waals surface area contributed by atoms with Crippen molar-refractivity contribution in [3.8, 4) is 5.75 Å². The Hall–Kier alpha value is -1.66. The Labute approximate surface area is 172 Å². The van der Waals surface area contributed by atoms with Gasteiger partial charge in [-0.3, -0.25) is 0 Å². The van der Waals surface area contributed by atoms with Crippen LogP contribution in [-0.2, 0) is 19.8 Å². The van der Waals surface area contributed by atoms with Crippen LogP contribution >= 0.6 is 11.3 Å². The predicted molar refractivity (Wildman–Crippen MR) is 115 cm³/mol. The lowest BCUT2D eigenvalue weighted by Gasteiger charge is -2.24. The zero-order chi connectivity index (χ0) is 20.6. The molecule has 0 saturated carbocycles. The molecule has 0 aliphatic heterocycles. The van der Waals surface area contributed by atoms with E-state index in [2.05, 4.69) is 25.1 Å². The highest BCUT2D eigenvalue weighted by atomic mass is 32.1. The molecular formula is C23H32O4S. The average molecular weight is 405 g/mol. The fraction of sp³-hybridized carbons (Fsp3) is 0.478. The van der Waals surface area contributed by atoms with Crippen molar-refractivity contribution in [2.24, 2.45) is 0 Å². The fourth-order valence-electron chi connectivity index (χ4n) is 3.08. The summed E-state index contributed by atoms with van der Waals surface area (Å²) < 4.78 is 5.85. The van der Waals surface area contributed by atoms with Gasteiger partial charge in [0.05, 0.1) is 18.8 Å². The van der Waals surface area contributed by atoms with Gasteiger partial charge in [0.1, 0.15) is 12.4 Å². The van der Waals surface area contributed by atoms with Crippen molar-refractivity contribution in [1.82, 2.24) is 0 Å². The van der Waals surface area contributed by atoms with Crippen LogP contribution in [0.2, 0.25) is 0 Å². The van der Waals surface area contributed by atoms with Gasteiger partial charge in [0.2, 0.25) is 0 Å². The van der Waals surface area contributed by atoms with E-state index in [1.54, 1.807) is 23.5 Å². The number of aliphatic hydroxyl groups excluding tert-OH is 2. The highest BCUT2D eigenvalue weighted by molar-refractivity contribution is 7.13. The molecule has 0 aliphatic carbocycles. The minimum atomic E-state index is -0.551. The van der Waals surface area contributed by atoms with E-state index in [1.807, 2.05) is 19.9 Å². The summed E-state index contributed by atoms with van der Waals surface area (Å²) in [4.78, 5) is 2.33. The number of rotatable bonds is 11. The number of allylic oxidation sites excluding steroid dienone is 2. The highest BCUT2D eigenvalue weighted by Gasteiger charge is 2.20. The second kappa shape index (κ2) is 10.8. The zero-order valence-electron chi connectivity index (χ0n) is 17.1. The summed E-state index contributed by atoms with van der Waals surface area (Å²) in [5, 5.41) is 29.0. The molecule has 0 fully saturated rings. The lowest BCUT2D eigenvalue weighted by molar-refractivity contribution is 0.0246. The monoisotopic (exact) mass is 404 g/mol. The molecule has 2 aromatic rings. The van der Waals surface area contributed by atoms with Crippen LogP contribution in [0.5, 0.6) is 5.75 Å². The van der Waals surface area contributed by atoms with E-state index in [-0.39, 0.29) is 13.2 Å². The SMILES string of the molecule is CCC(O)(CC)CCC=C(C)c1ccc(COc2ccc(CO)c(CO)c2)s1. The molecule has 0 unspecified atom stereocenters. The normalized spacial score (nSPS) is 12.4. The molecule has 0 atom stereocenters. The first-order chi connectivity index (χ1) is 13.4. The molecular weight excluding hydrogens is 372 g/mol. The first-order valence-corrected chi connectivity index (χ1v) is 10.7. The van der Waals surface area contributed by atoms with Crippen molar-refractivity contribution in [1.29, 1.82) is 0 Å². The Morgan fingerprint density at radius 2 is 1.79 bits per heavy atom. The van der Waals surface area contributed by atoms with Crippen LogP contribution in [0.25, 0.3) is 5.57 Å². The molecule has 154 valence electrons. The van der Waals surface area contributed by atoms with Crippen molar-refractivity contribution in [3.63, 3.8) is 0 Å². The first kappa shape index (κ1) is 22.6. The Morgan fingerprint density at radius 3 is 2.43 bits per heavy atom. The summed E-state index contributed by atoms with van der Waals surface area (Å²) in [6.45, 7) is 6.43. The number of hydrogen-bond donors (Lipinski definition) is 3. The van der Waals surface area contributed by atoms with E-state index in [0.717, 1.165) is 30.6 Å². The van der Waals surface area contributed by atoms with E-state index in [4.69, 9.17) is 4.74 Å². The number of hydrogen-bond acceptors (Lipinski definition) is 5. The maximum atomic E-state index is 10.4. The molecule has 28 heavy (non-hydrogen) atoms. The molecule has 0 saturated heterocycles. The maximum Gasteiger partial charge on any atom is 0.122 e. The minimum absolute atomic E-state index is 0.0933. The summed E-state index contributed by atoms with van der Waals surface area (Å²) >= 11 is 1.70. The van der Waals surface area contributed by atoms with Gasteiger partial charge in [-0.15, -0.1) is 11.3 Å². The van der Waals surface area contributed by atoms with Gasteiger partial charge in [0, 0.05) is 9.75 Å². The minimum Gasteiger partial charge on any atom is -0.488 e. The van der Waals surface area contributed by atoms with Gasteiger partial charge < -0.3 is 20.1 Å². The molecule has 5 heteroatoms. The fourth-order valence-corrected chi connectivity index (χ4v) is 3.99. The molecule has 0 amide bonds. The lowest BCUT2D eigenvalue weighted by Crippen LogP contribution is -2.25. The lowest BCUT2D eigenvalue weighted by atomic mass is 9.91. The van der Waals surface area contributed by atoms with Crippen LogP contribution in [0, 0.1) is 0 Å². The molecule has 3 N–H and O–H groups in total. The largest absolute Gasteiger partial charge is 0.488 e. The summed E-state index contributed by atoms with van der Waals surface area (Å²) in [6, 6.07) is 9.54. The molecule has 0 bridgehead atoms. The van der Waals surface area contributed by atoms with Crippen LogP contribution in [0.3, 0.4) is 0 Å². The molecule has 0 radical (unpaired) electrons. The van der Waals surface area contributed by atoms with Gasteiger partial charge in [-0.05, 0) is 73.6 Å². The molecule has 1 heterocycles. The number of benzene rings is 1. The van der Waals surface area contributed by atoms with Gasteiger partial charge in [0.15, 0.2) is 0 Å². The van der Waals surface area contributed by atoms with E-state index in [1.165, 1.54) is 10.5 Å². The number of aliphatic hydroxyl groups is 3. The highest BCUT2D eigenvalue weighted by Crippen LogP contribution is 2.28. The van der Waals surface area contributed by atoms with Crippen molar-refractivity contribution in [2.75, 3.05) is 0 Å². The Balaban J connectivity index is 1.94. The van der Waals surface area contributed by atoms with E-state index in [9.17, 15) is 15.3 Å². The van der Waals surface area contributed by atoms with Gasteiger partial charge >= 0.3 is 0 Å². The molecule has 1 aromatic heterocycles. The predicted octanol–water partition coefficient (Wildman–Crippen LogP) is 5.05. The van der Waals surface area contributed by atoms with E-state index < -0.39 is 5.60 Å². The Bertz CT molecular complexity index is 775. The van der Waals surface area contributed by atoms with Crippen LogP contribution in [0.15, 0.2) is 36.4 Å². The molecule has 2 rings (SSSR count). The zero-order valence-corrected chi connectivity index (χ0v) is 17.9. The Morgan fingerprint density at radius 1 is 1.07 bits per heavy atom. The third-order valence-corrected chi connectivity index (χ3v) is 6.52. The average Bonchev–Trinajstić information content (AvgIpc) is 3.21. The van der Waals surface area contributed by atoms with Crippen LogP contribution in [0.4, 0.5) is 0 Å². The van der Waals surface area contributed by atoms with Gasteiger partial charge in [-0.25, -0.2) is 0 Å². The maximum absolute atomic E-state index is 10.4. The molecule has 1 aromatic carbocycles. The summed E-state index contributed by atoms with van der Waals surface area (Å²) in [7, 11) is 0. The molecule has 0 aliphatic rings. The van der Waals surface area contributed by atoms with Crippen molar-refractivity contribution in [3.05, 3.63) is 57.3 Å². The Kier molecular flexibility index (Phi) is 8.70. The summed E-state index contributed by atoms with van der Waals surface area (Å²) in [5.41, 5.74) is 2.07. The second-order valence-electron chi connectivity index (χ2n) is 7.16. The number of ether oxygens (including phenoxy) is 1. The first-order valence-electron chi connectivity index (χ1n) is 9.89. The quantitative estimate of drug-likeness (QED) is 0.490. The van der Waals surface area contributed by atoms with Gasteiger partial charge in [-0.2, -0.15) is 0 Å². The standard InChI is InChI=1S/C23H32O4S/c1-4-23(26,5-2)12-6-7-17(3)22-11-10-21(28-22)16-27-20-9-8-18(14-24)19(13-20)15-25/h7-11,13,24-26H,4-6,12,14-16H2,1-3H3. The smallest absolute Gasteiger partial charge is 0.122 e. The topological polar surface area (TPSA) is 69.9 Å². The summed E-state index contributed by atoms with van der Waals surface area (Å²) in [6.07, 6.45) is 5.43. The van der Waals surface area contributed by atoms with Crippen molar-refractivity contribution >= 4 is 16.9 Å². The van der Waals surface area contributed by atoms with Crippen LogP contribution in [0.1, 0.15) is 67.3 Å². The summed E-state index contributed by atoms with van der Waals surface area (Å²) in [5.74, 6) is 0.682.